The molecule has 2 aliphatic rings. The van der Waals surface area contributed by atoms with Crippen LogP contribution in [0.4, 0.5) is 0 Å². The first-order valence-corrected chi connectivity index (χ1v) is 10.4. The molecule has 0 aliphatic carbocycles. The number of hydrogen-bond donors (Lipinski definition) is 0. The van der Waals surface area contributed by atoms with E-state index in [0.29, 0.717) is 13.2 Å². The van der Waals surface area contributed by atoms with E-state index in [1.54, 1.807) is 6.20 Å². The Morgan fingerprint density at radius 2 is 1.93 bits per heavy atom. The molecule has 29 heavy (non-hydrogen) atoms. The van der Waals surface area contributed by atoms with Crippen LogP contribution in [0, 0.1) is 6.92 Å². The van der Waals surface area contributed by atoms with Crippen LogP contribution in [-0.4, -0.2) is 66.2 Å². The van der Waals surface area contributed by atoms with Gasteiger partial charge in [0.25, 0.3) is 0 Å². The summed E-state index contributed by atoms with van der Waals surface area (Å²) in [5.41, 5.74) is 2.15. The first-order chi connectivity index (χ1) is 14.2. The summed E-state index contributed by atoms with van der Waals surface area (Å²) in [6.07, 6.45) is 5.41. The monoisotopic (exact) mass is 395 g/mol. The Labute approximate surface area is 172 Å². The van der Waals surface area contributed by atoms with Crippen molar-refractivity contribution >= 4 is 5.91 Å². The lowest BCUT2D eigenvalue weighted by Gasteiger charge is -2.39. The van der Waals surface area contributed by atoms with E-state index < -0.39 is 0 Å². The molecule has 1 aromatic carbocycles. The quantitative estimate of drug-likeness (QED) is 0.779. The van der Waals surface area contributed by atoms with Gasteiger partial charge in [0.1, 0.15) is 17.9 Å². The van der Waals surface area contributed by atoms with Gasteiger partial charge in [-0.3, -0.25) is 14.7 Å². The summed E-state index contributed by atoms with van der Waals surface area (Å²) in [5.74, 6) is 1.07. The van der Waals surface area contributed by atoms with Crippen molar-refractivity contribution in [2.45, 2.75) is 31.9 Å². The molecule has 154 valence electrons. The Balaban J connectivity index is 1.41. The SMILES string of the molecule is Cc1cccc(OC2CCN(C(=O)[C@@H](c3cccnc3)N3CCOCC3)CC2)c1. The molecular formula is C23H29N3O3. The van der Waals surface area contributed by atoms with Crippen LogP contribution in [-0.2, 0) is 9.53 Å². The molecule has 3 heterocycles. The highest BCUT2D eigenvalue weighted by Crippen LogP contribution is 2.27. The number of aryl methyl sites for hydroxylation is 1. The molecule has 1 atom stereocenters. The number of nitrogens with zero attached hydrogens (tertiary/aromatic N) is 3. The van der Waals surface area contributed by atoms with Crippen LogP contribution in [0.25, 0.3) is 0 Å². The summed E-state index contributed by atoms with van der Waals surface area (Å²) in [4.78, 5) is 21.9. The Bertz CT molecular complexity index is 800. The number of benzene rings is 1. The van der Waals surface area contributed by atoms with Crippen LogP contribution < -0.4 is 4.74 Å². The number of carbonyl (C=O) groups is 1. The summed E-state index contributed by atoms with van der Waals surface area (Å²) < 4.78 is 11.6. The number of morpholine rings is 1. The smallest absolute Gasteiger partial charge is 0.244 e. The highest BCUT2D eigenvalue weighted by Gasteiger charge is 2.34. The average Bonchev–Trinajstić information content (AvgIpc) is 2.76. The van der Waals surface area contributed by atoms with Gasteiger partial charge in [0, 0.05) is 51.4 Å². The van der Waals surface area contributed by atoms with Gasteiger partial charge >= 0.3 is 0 Å². The summed E-state index contributed by atoms with van der Waals surface area (Å²) in [7, 11) is 0. The molecule has 1 amide bonds. The van der Waals surface area contributed by atoms with Gasteiger partial charge in [-0.25, -0.2) is 0 Å². The van der Waals surface area contributed by atoms with Gasteiger partial charge in [-0.15, -0.1) is 0 Å². The van der Waals surface area contributed by atoms with Crippen molar-refractivity contribution in [3.05, 3.63) is 59.9 Å². The van der Waals surface area contributed by atoms with Gasteiger partial charge in [-0.1, -0.05) is 18.2 Å². The fourth-order valence-electron chi connectivity index (χ4n) is 4.13. The number of rotatable bonds is 5. The van der Waals surface area contributed by atoms with Crippen molar-refractivity contribution in [1.82, 2.24) is 14.8 Å². The fraction of sp³-hybridized carbons (Fsp3) is 0.478. The number of ether oxygens (including phenoxy) is 2. The number of aromatic nitrogens is 1. The molecule has 2 aromatic rings. The summed E-state index contributed by atoms with van der Waals surface area (Å²) in [5, 5.41) is 0. The number of amides is 1. The molecule has 6 heteroatoms. The second-order valence-corrected chi connectivity index (χ2v) is 7.80. The summed E-state index contributed by atoms with van der Waals surface area (Å²) >= 11 is 0. The molecule has 0 unspecified atom stereocenters. The van der Waals surface area contributed by atoms with Gasteiger partial charge in [-0.05, 0) is 36.2 Å². The zero-order valence-corrected chi connectivity index (χ0v) is 17.0. The lowest BCUT2D eigenvalue weighted by atomic mass is 10.0. The molecule has 2 fully saturated rings. The number of piperidine rings is 1. The lowest BCUT2D eigenvalue weighted by molar-refractivity contribution is -0.141. The van der Waals surface area contributed by atoms with Crippen molar-refractivity contribution in [2.75, 3.05) is 39.4 Å². The van der Waals surface area contributed by atoms with Crippen LogP contribution in [0.1, 0.15) is 30.0 Å². The predicted molar refractivity (Wildman–Crippen MR) is 111 cm³/mol. The summed E-state index contributed by atoms with van der Waals surface area (Å²) in [6, 6.07) is 11.8. The molecule has 6 nitrogen and oxygen atoms in total. The van der Waals surface area contributed by atoms with Crippen molar-refractivity contribution in [3.8, 4) is 5.75 Å². The predicted octanol–water partition coefficient (Wildman–Crippen LogP) is 2.83. The Morgan fingerprint density at radius 1 is 1.14 bits per heavy atom. The standard InChI is InChI=1S/C23H29N3O3/c1-18-4-2-6-21(16-18)29-20-7-10-26(11-8-20)23(27)22(19-5-3-9-24-17-19)25-12-14-28-15-13-25/h2-6,9,16-17,20,22H,7-8,10-15H2,1H3/t22-/m1/s1. The number of carbonyl (C=O) groups excluding carboxylic acids is 1. The van der Waals surface area contributed by atoms with Crippen molar-refractivity contribution < 1.29 is 14.3 Å². The molecule has 2 saturated heterocycles. The topological polar surface area (TPSA) is 54.9 Å². The van der Waals surface area contributed by atoms with Crippen LogP contribution in [0.5, 0.6) is 5.75 Å². The zero-order valence-electron chi connectivity index (χ0n) is 17.0. The first kappa shape index (κ1) is 19.9. The van der Waals surface area contributed by atoms with Gasteiger partial charge in [-0.2, -0.15) is 0 Å². The van der Waals surface area contributed by atoms with Crippen molar-refractivity contribution in [1.29, 1.82) is 0 Å². The van der Waals surface area contributed by atoms with E-state index in [1.165, 1.54) is 5.56 Å². The maximum absolute atomic E-state index is 13.5. The number of pyridine rings is 1. The molecule has 0 spiro atoms. The van der Waals surface area contributed by atoms with Gasteiger partial charge in [0.2, 0.25) is 5.91 Å². The third kappa shape index (κ3) is 4.95. The molecule has 0 N–H and O–H groups in total. The Kier molecular flexibility index (Phi) is 6.42. The van der Waals surface area contributed by atoms with Crippen molar-refractivity contribution in [3.63, 3.8) is 0 Å². The van der Waals surface area contributed by atoms with Crippen molar-refractivity contribution in [2.24, 2.45) is 0 Å². The second-order valence-electron chi connectivity index (χ2n) is 7.80. The van der Waals surface area contributed by atoms with E-state index >= 15 is 0 Å². The largest absolute Gasteiger partial charge is 0.490 e. The second kappa shape index (κ2) is 9.37. The van der Waals surface area contributed by atoms with E-state index in [2.05, 4.69) is 28.9 Å². The maximum atomic E-state index is 13.5. The minimum Gasteiger partial charge on any atom is -0.490 e. The minimum atomic E-state index is -0.290. The van der Waals surface area contributed by atoms with Gasteiger partial charge in [0.15, 0.2) is 0 Å². The highest BCUT2D eigenvalue weighted by molar-refractivity contribution is 5.83. The molecule has 0 bridgehead atoms. The van der Waals surface area contributed by atoms with E-state index in [9.17, 15) is 4.79 Å². The maximum Gasteiger partial charge on any atom is 0.244 e. The molecule has 4 rings (SSSR count). The van der Waals surface area contributed by atoms with E-state index in [1.807, 2.05) is 35.4 Å². The normalized spacial score (nSPS) is 19.7. The fourth-order valence-corrected chi connectivity index (χ4v) is 4.13. The number of hydrogen-bond acceptors (Lipinski definition) is 5. The molecule has 2 aliphatic heterocycles. The minimum absolute atomic E-state index is 0.154. The van der Waals surface area contributed by atoms with Crippen LogP contribution in [0.3, 0.4) is 0 Å². The first-order valence-electron chi connectivity index (χ1n) is 10.4. The van der Waals surface area contributed by atoms with E-state index in [4.69, 9.17) is 9.47 Å². The van der Waals surface area contributed by atoms with Gasteiger partial charge < -0.3 is 14.4 Å². The molecule has 0 radical (unpaired) electrons. The Morgan fingerprint density at radius 3 is 2.62 bits per heavy atom. The lowest BCUT2D eigenvalue weighted by Crippen LogP contribution is -2.50. The van der Waals surface area contributed by atoms with E-state index in [0.717, 1.165) is 50.3 Å². The summed E-state index contributed by atoms with van der Waals surface area (Å²) in [6.45, 7) is 6.36. The number of likely N-dealkylation sites (tertiary alicyclic amines) is 1. The Hall–Kier alpha value is -2.44. The van der Waals surface area contributed by atoms with Crippen LogP contribution >= 0.6 is 0 Å². The zero-order chi connectivity index (χ0) is 20.1. The molecule has 1 aromatic heterocycles. The van der Waals surface area contributed by atoms with Gasteiger partial charge in [0.05, 0.1) is 13.2 Å². The average molecular weight is 396 g/mol. The van der Waals surface area contributed by atoms with Crippen LogP contribution in [0.2, 0.25) is 0 Å². The van der Waals surface area contributed by atoms with Crippen LogP contribution in [0.15, 0.2) is 48.8 Å². The molecule has 0 saturated carbocycles. The van der Waals surface area contributed by atoms with E-state index in [-0.39, 0.29) is 18.1 Å². The third-order valence-corrected chi connectivity index (χ3v) is 5.69. The molecular weight excluding hydrogens is 366 g/mol. The highest BCUT2D eigenvalue weighted by atomic mass is 16.5. The third-order valence-electron chi connectivity index (χ3n) is 5.69.